The summed E-state index contributed by atoms with van der Waals surface area (Å²) in [5, 5.41) is 8.88. The predicted molar refractivity (Wildman–Crippen MR) is 71.5 cm³/mol. The molecule has 2 heterocycles. The van der Waals surface area contributed by atoms with Crippen molar-refractivity contribution in [1.29, 1.82) is 0 Å². The number of pyridine rings is 1. The number of hydrogen-bond acceptors (Lipinski definition) is 5. The number of carboxylic acid groups (broad SMARTS) is 1. The van der Waals surface area contributed by atoms with Crippen LogP contribution >= 0.6 is 11.8 Å². The van der Waals surface area contributed by atoms with Gasteiger partial charge in [0, 0.05) is 36.5 Å². The maximum Gasteiger partial charge on any atom is 0.305 e. The molecule has 0 spiro atoms. The van der Waals surface area contributed by atoms with Crippen LogP contribution in [0.25, 0.3) is 0 Å². The van der Waals surface area contributed by atoms with E-state index in [1.54, 1.807) is 17.8 Å². The number of aliphatic carboxylic acids is 1. The number of nitrogens with zero attached hydrogens (tertiary/aromatic N) is 2. The minimum atomic E-state index is -3.66. The Labute approximate surface area is 115 Å². The van der Waals surface area contributed by atoms with Crippen molar-refractivity contribution in [2.75, 3.05) is 18.1 Å². The molecule has 0 radical (unpaired) electrons. The number of thioether (sulfide) groups is 1. The van der Waals surface area contributed by atoms with Crippen molar-refractivity contribution in [1.82, 2.24) is 9.29 Å². The summed E-state index contributed by atoms with van der Waals surface area (Å²) >= 11 is 1.57. The summed E-state index contributed by atoms with van der Waals surface area (Å²) in [6.45, 7) is 0.333. The molecular weight excluding hydrogens is 288 g/mol. The zero-order chi connectivity index (χ0) is 13.9. The van der Waals surface area contributed by atoms with Crippen molar-refractivity contribution in [3.05, 3.63) is 24.5 Å². The van der Waals surface area contributed by atoms with E-state index in [1.807, 2.05) is 0 Å². The van der Waals surface area contributed by atoms with Crippen LogP contribution in [0.4, 0.5) is 0 Å². The first-order valence-electron chi connectivity index (χ1n) is 5.73. The number of sulfonamides is 1. The highest BCUT2D eigenvalue weighted by molar-refractivity contribution is 7.99. The third-order valence-electron chi connectivity index (χ3n) is 2.82. The largest absolute Gasteiger partial charge is 0.481 e. The molecule has 2 rings (SSSR count). The Morgan fingerprint density at radius 2 is 2.37 bits per heavy atom. The van der Waals surface area contributed by atoms with Crippen LogP contribution in [0.15, 0.2) is 29.4 Å². The summed E-state index contributed by atoms with van der Waals surface area (Å²) in [7, 11) is -3.66. The third kappa shape index (κ3) is 3.26. The summed E-state index contributed by atoms with van der Waals surface area (Å²) in [6, 6.07) is 2.53. The van der Waals surface area contributed by atoms with Crippen LogP contribution in [0.2, 0.25) is 0 Å². The molecule has 1 atom stereocenters. The highest BCUT2D eigenvalue weighted by Gasteiger charge is 2.34. The lowest BCUT2D eigenvalue weighted by Crippen LogP contribution is -2.46. The van der Waals surface area contributed by atoms with Gasteiger partial charge in [-0.2, -0.15) is 16.1 Å². The van der Waals surface area contributed by atoms with E-state index in [1.165, 1.54) is 22.8 Å². The van der Waals surface area contributed by atoms with Gasteiger partial charge >= 0.3 is 5.97 Å². The molecule has 1 aromatic heterocycles. The Balaban J connectivity index is 2.29. The summed E-state index contributed by atoms with van der Waals surface area (Å²) in [5.41, 5.74) is 0. The fourth-order valence-electron chi connectivity index (χ4n) is 1.95. The Hall–Kier alpha value is -1.12. The normalized spacial score (nSPS) is 21.2. The molecule has 1 aromatic rings. The SMILES string of the molecule is O=C(O)CC1CSCCN1S(=O)(=O)c1cccnc1. The van der Waals surface area contributed by atoms with Crippen molar-refractivity contribution in [2.24, 2.45) is 0 Å². The van der Waals surface area contributed by atoms with Gasteiger partial charge in [-0.05, 0) is 12.1 Å². The van der Waals surface area contributed by atoms with E-state index in [4.69, 9.17) is 5.11 Å². The highest BCUT2D eigenvalue weighted by atomic mass is 32.2. The first-order valence-corrected chi connectivity index (χ1v) is 8.32. The molecule has 6 nitrogen and oxygen atoms in total. The van der Waals surface area contributed by atoms with Gasteiger partial charge in [-0.15, -0.1) is 0 Å². The summed E-state index contributed by atoms with van der Waals surface area (Å²) in [4.78, 5) is 14.7. The fraction of sp³-hybridized carbons (Fsp3) is 0.455. The second kappa shape index (κ2) is 5.89. The van der Waals surface area contributed by atoms with Crippen molar-refractivity contribution in [2.45, 2.75) is 17.4 Å². The quantitative estimate of drug-likeness (QED) is 0.879. The molecule has 104 valence electrons. The van der Waals surface area contributed by atoms with Crippen LogP contribution < -0.4 is 0 Å². The molecule has 1 saturated heterocycles. The second-order valence-electron chi connectivity index (χ2n) is 4.13. The topological polar surface area (TPSA) is 87.6 Å². The van der Waals surface area contributed by atoms with Gasteiger partial charge in [-0.3, -0.25) is 9.78 Å². The molecule has 0 amide bonds. The maximum absolute atomic E-state index is 12.5. The molecular formula is C11H14N2O4S2. The van der Waals surface area contributed by atoms with Gasteiger partial charge in [0.2, 0.25) is 10.0 Å². The fourth-order valence-corrected chi connectivity index (χ4v) is 4.81. The van der Waals surface area contributed by atoms with E-state index < -0.39 is 22.0 Å². The second-order valence-corrected chi connectivity index (χ2v) is 7.17. The van der Waals surface area contributed by atoms with E-state index in [2.05, 4.69) is 4.98 Å². The summed E-state index contributed by atoms with van der Waals surface area (Å²) in [6.07, 6.45) is 2.61. The van der Waals surface area contributed by atoms with E-state index in [0.717, 1.165) is 0 Å². The van der Waals surface area contributed by atoms with Crippen LogP contribution in [0, 0.1) is 0 Å². The van der Waals surface area contributed by atoms with Crippen LogP contribution in [0.3, 0.4) is 0 Å². The lowest BCUT2D eigenvalue weighted by Gasteiger charge is -2.33. The lowest BCUT2D eigenvalue weighted by atomic mass is 10.2. The average Bonchev–Trinajstić information content (AvgIpc) is 2.39. The van der Waals surface area contributed by atoms with Crippen molar-refractivity contribution in [3.8, 4) is 0 Å². The standard InChI is InChI=1S/C11H14N2O4S2/c14-11(15)6-9-8-18-5-4-13(9)19(16,17)10-2-1-3-12-7-10/h1-3,7,9H,4-6,8H2,(H,14,15). The summed E-state index contributed by atoms with van der Waals surface area (Å²) < 4.78 is 26.2. The van der Waals surface area contributed by atoms with Gasteiger partial charge in [0.25, 0.3) is 0 Å². The van der Waals surface area contributed by atoms with Crippen LogP contribution in [0.1, 0.15) is 6.42 Å². The molecule has 0 saturated carbocycles. The van der Waals surface area contributed by atoms with Gasteiger partial charge in [0.15, 0.2) is 0 Å². The lowest BCUT2D eigenvalue weighted by molar-refractivity contribution is -0.137. The zero-order valence-corrected chi connectivity index (χ0v) is 11.7. The maximum atomic E-state index is 12.5. The minimum absolute atomic E-state index is 0.109. The molecule has 0 aromatic carbocycles. The third-order valence-corrected chi connectivity index (χ3v) is 5.85. The molecule has 0 aliphatic carbocycles. The molecule has 0 bridgehead atoms. The smallest absolute Gasteiger partial charge is 0.305 e. The van der Waals surface area contributed by atoms with Gasteiger partial charge in [-0.25, -0.2) is 8.42 Å². The monoisotopic (exact) mass is 302 g/mol. The van der Waals surface area contributed by atoms with Crippen molar-refractivity contribution >= 4 is 27.8 Å². The Kier molecular flexibility index (Phi) is 4.43. The number of hydrogen-bond donors (Lipinski definition) is 1. The first-order chi connectivity index (χ1) is 9.01. The van der Waals surface area contributed by atoms with Gasteiger partial charge < -0.3 is 5.11 Å². The number of carbonyl (C=O) groups is 1. The van der Waals surface area contributed by atoms with Crippen molar-refractivity contribution < 1.29 is 18.3 Å². The zero-order valence-electron chi connectivity index (χ0n) is 10.1. The molecule has 1 aliphatic heterocycles. The first kappa shape index (κ1) is 14.3. The molecule has 19 heavy (non-hydrogen) atoms. The molecule has 1 N–H and O–H groups in total. The Morgan fingerprint density at radius 3 is 3.00 bits per heavy atom. The van der Waals surface area contributed by atoms with Crippen LogP contribution in [-0.4, -0.2) is 52.9 Å². The molecule has 1 unspecified atom stereocenters. The molecule has 8 heteroatoms. The van der Waals surface area contributed by atoms with E-state index in [-0.39, 0.29) is 11.3 Å². The molecule has 1 aliphatic rings. The van der Waals surface area contributed by atoms with Crippen LogP contribution in [0.5, 0.6) is 0 Å². The van der Waals surface area contributed by atoms with E-state index in [0.29, 0.717) is 18.1 Å². The Morgan fingerprint density at radius 1 is 1.58 bits per heavy atom. The summed E-state index contributed by atoms with van der Waals surface area (Å²) in [5.74, 6) is 0.195. The minimum Gasteiger partial charge on any atom is -0.481 e. The van der Waals surface area contributed by atoms with E-state index >= 15 is 0 Å². The average molecular weight is 302 g/mol. The molecule has 1 fully saturated rings. The van der Waals surface area contributed by atoms with Crippen LogP contribution in [-0.2, 0) is 14.8 Å². The Bertz CT molecular complexity index is 547. The number of rotatable bonds is 4. The highest BCUT2D eigenvalue weighted by Crippen LogP contribution is 2.25. The van der Waals surface area contributed by atoms with Gasteiger partial charge in [0.1, 0.15) is 4.90 Å². The van der Waals surface area contributed by atoms with Gasteiger partial charge in [-0.1, -0.05) is 0 Å². The van der Waals surface area contributed by atoms with Gasteiger partial charge in [0.05, 0.1) is 6.42 Å². The van der Waals surface area contributed by atoms with Crippen molar-refractivity contribution in [3.63, 3.8) is 0 Å². The predicted octanol–water partition coefficient (Wildman–Crippen LogP) is 0.662. The van der Waals surface area contributed by atoms with E-state index in [9.17, 15) is 13.2 Å². The number of carboxylic acids is 1. The number of aromatic nitrogens is 1.